The van der Waals surface area contributed by atoms with Gasteiger partial charge in [-0.2, -0.15) is 0 Å². The van der Waals surface area contributed by atoms with Gasteiger partial charge in [0.25, 0.3) is 5.91 Å². The third-order valence-corrected chi connectivity index (χ3v) is 3.39. The fourth-order valence-electron chi connectivity index (χ4n) is 2.13. The first-order chi connectivity index (χ1) is 11.0. The second kappa shape index (κ2) is 7.73. The molecule has 0 fully saturated rings. The topological polar surface area (TPSA) is 81.9 Å². The van der Waals surface area contributed by atoms with Gasteiger partial charge in [0.15, 0.2) is 11.3 Å². The highest BCUT2D eigenvalue weighted by Gasteiger charge is 2.21. The minimum absolute atomic E-state index is 0.115. The molecule has 7 heteroatoms. The highest BCUT2D eigenvalue weighted by Crippen LogP contribution is 2.19. The van der Waals surface area contributed by atoms with Crippen molar-refractivity contribution in [3.05, 3.63) is 29.7 Å². The number of hydrogen-bond acceptors (Lipinski definition) is 6. The minimum Gasteiger partial charge on any atom is -0.469 e. The van der Waals surface area contributed by atoms with E-state index in [1.807, 2.05) is 13.0 Å². The van der Waals surface area contributed by atoms with Gasteiger partial charge in [0.1, 0.15) is 5.52 Å². The van der Waals surface area contributed by atoms with E-state index in [2.05, 4.69) is 9.72 Å². The van der Waals surface area contributed by atoms with Crippen LogP contribution in [0.25, 0.3) is 11.1 Å². The summed E-state index contributed by atoms with van der Waals surface area (Å²) in [7, 11) is 2.87. The molecule has 0 atom stereocenters. The molecule has 0 N–H and O–H groups in total. The number of amides is 1. The van der Waals surface area contributed by atoms with Crippen LogP contribution in [0.4, 0.5) is 0 Å². The molecule has 0 saturated carbocycles. The molecule has 7 nitrogen and oxygen atoms in total. The Morgan fingerprint density at radius 1 is 1.26 bits per heavy atom. The van der Waals surface area contributed by atoms with E-state index >= 15 is 0 Å². The maximum atomic E-state index is 12.6. The van der Waals surface area contributed by atoms with E-state index < -0.39 is 0 Å². The highest BCUT2D eigenvalue weighted by atomic mass is 16.5. The summed E-state index contributed by atoms with van der Waals surface area (Å²) < 4.78 is 15.2. The van der Waals surface area contributed by atoms with Gasteiger partial charge in [0.2, 0.25) is 0 Å². The molecule has 2 aromatic rings. The number of ether oxygens (including phenoxy) is 2. The third kappa shape index (κ3) is 4.29. The number of carbonyl (C=O) groups excluding carboxylic acids is 2. The van der Waals surface area contributed by atoms with Crippen molar-refractivity contribution in [2.75, 3.05) is 33.9 Å². The zero-order valence-corrected chi connectivity index (χ0v) is 13.5. The van der Waals surface area contributed by atoms with E-state index in [-0.39, 0.29) is 30.6 Å². The van der Waals surface area contributed by atoms with Gasteiger partial charge in [-0.3, -0.25) is 9.59 Å². The van der Waals surface area contributed by atoms with Gasteiger partial charge in [-0.05, 0) is 19.1 Å². The Kier molecular flexibility index (Phi) is 5.70. The van der Waals surface area contributed by atoms with Gasteiger partial charge in [0.05, 0.1) is 20.1 Å². The Labute approximate surface area is 134 Å². The largest absolute Gasteiger partial charge is 0.469 e. The number of rotatable bonds is 7. The molecular formula is C16H20N2O5. The number of methoxy groups -OCH3 is 2. The second-order valence-corrected chi connectivity index (χ2v) is 5.06. The molecule has 2 rings (SSSR count). The zero-order valence-electron chi connectivity index (χ0n) is 13.5. The van der Waals surface area contributed by atoms with Crippen molar-refractivity contribution < 1.29 is 23.5 Å². The average Bonchev–Trinajstić information content (AvgIpc) is 2.97. The molecule has 0 spiro atoms. The number of pyridine rings is 1. The van der Waals surface area contributed by atoms with Crippen molar-refractivity contribution in [1.29, 1.82) is 0 Å². The maximum absolute atomic E-state index is 12.6. The summed E-state index contributed by atoms with van der Waals surface area (Å²) in [4.78, 5) is 29.7. The molecule has 0 unspecified atom stereocenters. The predicted molar refractivity (Wildman–Crippen MR) is 83.2 cm³/mol. The SMILES string of the molecule is COCCN(CCC(=O)OC)C(=O)c1cc2nc(C)ccc2o1. The van der Waals surface area contributed by atoms with E-state index in [9.17, 15) is 9.59 Å². The summed E-state index contributed by atoms with van der Waals surface area (Å²) in [6.07, 6.45) is 0.115. The summed E-state index contributed by atoms with van der Waals surface area (Å²) >= 11 is 0. The lowest BCUT2D eigenvalue weighted by Crippen LogP contribution is -2.35. The first-order valence-corrected chi connectivity index (χ1v) is 7.27. The van der Waals surface area contributed by atoms with Crippen molar-refractivity contribution in [3.63, 3.8) is 0 Å². The summed E-state index contributed by atoms with van der Waals surface area (Å²) in [5, 5.41) is 0. The van der Waals surface area contributed by atoms with E-state index in [4.69, 9.17) is 9.15 Å². The Morgan fingerprint density at radius 3 is 2.74 bits per heavy atom. The molecular weight excluding hydrogens is 300 g/mol. The normalized spacial score (nSPS) is 10.7. The van der Waals surface area contributed by atoms with Crippen molar-refractivity contribution in [1.82, 2.24) is 9.88 Å². The maximum Gasteiger partial charge on any atom is 0.307 e. The molecule has 2 heterocycles. The molecule has 1 amide bonds. The summed E-state index contributed by atoms with van der Waals surface area (Å²) in [6.45, 7) is 2.83. The minimum atomic E-state index is -0.373. The van der Waals surface area contributed by atoms with Gasteiger partial charge >= 0.3 is 5.97 Å². The van der Waals surface area contributed by atoms with Crippen LogP contribution in [0.5, 0.6) is 0 Å². The molecule has 0 aliphatic heterocycles. The number of fused-ring (bicyclic) bond motifs is 1. The van der Waals surface area contributed by atoms with Crippen LogP contribution in [0, 0.1) is 6.92 Å². The first-order valence-electron chi connectivity index (χ1n) is 7.27. The lowest BCUT2D eigenvalue weighted by atomic mass is 10.3. The molecule has 23 heavy (non-hydrogen) atoms. The van der Waals surface area contributed by atoms with Crippen LogP contribution in [0.2, 0.25) is 0 Å². The average molecular weight is 320 g/mol. The number of aryl methyl sites for hydroxylation is 1. The first kappa shape index (κ1) is 17.0. The molecule has 0 bridgehead atoms. The van der Waals surface area contributed by atoms with Crippen LogP contribution in [0.1, 0.15) is 22.7 Å². The number of nitrogens with zero attached hydrogens (tertiary/aromatic N) is 2. The Hall–Kier alpha value is -2.41. The lowest BCUT2D eigenvalue weighted by molar-refractivity contribution is -0.140. The van der Waals surface area contributed by atoms with Crippen LogP contribution in [0.3, 0.4) is 0 Å². The second-order valence-electron chi connectivity index (χ2n) is 5.06. The number of carbonyl (C=O) groups is 2. The van der Waals surface area contributed by atoms with E-state index in [0.29, 0.717) is 24.3 Å². The van der Waals surface area contributed by atoms with Gasteiger partial charge in [-0.1, -0.05) is 0 Å². The molecule has 2 aromatic heterocycles. The van der Waals surface area contributed by atoms with E-state index in [0.717, 1.165) is 5.69 Å². The standard InChI is InChI=1S/C16H20N2O5/c1-11-4-5-13-12(17-11)10-14(23-13)16(20)18(8-9-21-2)7-6-15(19)22-3/h4-5,10H,6-9H2,1-3H3. The smallest absolute Gasteiger partial charge is 0.307 e. The van der Waals surface area contributed by atoms with Gasteiger partial charge in [0, 0.05) is 32.0 Å². The van der Waals surface area contributed by atoms with Crippen LogP contribution < -0.4 is 0 Å². The molecule has 0 radical (unpaired) electrons. The van der Waals surface area contributed by atoms with Crippen LogP contribution in [0.15, 0.2) is 22.6 Å². The number of aromatic nitrogens is 1. The van der Waals surface area contributed by atoms with E-state index in [1.54, 1.807) is 19.2 Å². The van der Waals surface area contributed by atoms with Gasteiger partial charge < -0.3 is 18.8 Å². The van der Waals surface area contributed by atoms with Crippen molar-refractivity contribution >= 4 is 23.0 Å². The highest BCUT2D eigenvalue weighted by molar-refractivity contribution is 5.95. The van der Waals surface area contributed by atoms with Crippen LogP contribution >= 0.6 is 0 Å². The van der Waals surface area contributed by atoms with Crippen molar-refractivity contribution in [2.45, 2.75) is 13.3 Å². The Morgan fingerprint density at radius 2 is 2.04 bits per heavy atom. The van der Waals surface area contributed by atoms with Crippen LogP contribution in [-0.2, 0) is 14.3 Å². The van der Waals surface area contributed by atoms with Crippen molar-refractivity contribution in [3.8, 4) is 0 Å². The van der Waals surface area contributed by atoms with Crippen LogP contribution in [-0.4, -0.2) is 55.7 Å². The van der Waals surface area contributed by atoms with Crippen molar-refractivity contribution in [2.24, 2.45) is 0 Å². The molecule has 0 aliphatic rings. The third-order valence-electron chi connectivity index (χ3n) is 3.39. The Bertz CT molecular complexity index is 695. The number of esters is 1. The molecule has 0 aliphatic carbocycles. The van der Waals surface area contributed by atoms with Gasteiger partial charge in [-0.15, -0.1) is 0 Å². The zero-order chi connectivity index (χ0) is 16.8. The Balaban J connectivity index is 2.17. The fraction of sp³-hybridized carbons (Fsp3) is 0.438. The lowest BCUT2D eigenvalue weighted by Gasteiger charge is -2.20. The molecule has 0 saturated heterocycles. The number of furan rings is 1. The number of hydrogen-bond donors (Lipinski definition) is 0. The summed E-state index contributed by atoms with van der Waals surface area (Å²) in [6, 6.07) is 5.21. The summed E-state index contributed by atoms with van der Waals surface area (Å²) in [5.74, 6) is -0.484. The van der Waals surface area contributed by atoms with Gasteiger partial charge in [-0.25, -0.2) is 4.98 Å². The molecule has 124 valence electrons. The molecule has 0 aromatic carbocycles. The van der Waals surface area contributed by atoms with E-state index in [1.165, 1.54) is 12.0 Å². The monoisotopic (exact) mass is 320 g/mol. The summed E-state index contributed by atoms with van der Waals surface area (Å²) in [5.41, 5.74) is 2.03. The quantitative estimate of drug-likeness (QED) is 0.723. The predicted octanol–water partition coefficient (Wildman–Crippen LogP) is 1.79. The fourth-order valence-corrected chi connectivity index (χ4v) is 2.13.